The first-order valence-corrected chi connectivity index (χ1v) is 10.4. The number of hydrogen-bond donors (Lipinski definition) is 4. The third kappa shape index (κ3) is 9.07. The number of amides is 3. The summed E-state index contributed by atoms with van der Waals surface area (Å²) in [5, 5.41) is 17.3. The van der Waals surface area contributed by atoms with E-state index in [1.807, 2.05) is 26.8 Å². The second kappa shape index (κ2) is 13.3. The fourth-order valence-corrected chi connectivity index (χ4v) is 3.08. The van der Waals surface area contributed by atoms with Crippen molar-refractivity contribution in [3.05, 3.63) is 35.9 Å². The van der Waals surface area contributed by atoms with Crippen LogP contribution in [0.25, 0.3) is 0 Å². The zero-order valence-electron chi connectivity index (χ0n) is 17.9. The Bertz CT molecular complexity index is 693. The van der Waals surface area contributed by atoms with Crippen LogP contribution in [0.2, 0.25) is 0 Å². The van der Waals surface area contributed by atoms with Gasteiger partial charge in [0.1, 0.15) is 18.1 Å². The molecule has 30 heavy (non-hydrogen) atoms. The van der Waals surface area contributed by atoms with Crippen LogP contribution in [0.15, 0.2) is 30.3 Å². The van der Waals surface area contributed by atoms with Gasteiger partial charge in [0.2, 0.25) is 18.2 Å². The van der Waals surface area contributed by atoms with Gasteiger partial charge in [-0.25, -0.2) is 4.79 Å². The molecule has 4 N–H and O–H groups in total. The number of carbonyl (C=O) groups excluding carboxylic acids is 3. The molecule has 1 aromatic carbocycles. The van der Waals surface area contributed by atoms with Crippen LogP contribution >= 0.6 is 0 Å². The first-order chi connectivity index (χ1) is 14.3. The molecule has 0 spiro atoms. The van der Waals surface area contributed by atoms with Crippen molar-refractivity contribution in [2.24, 2.45) is 5.92 Å². The lowest BCUT2D eigenvalue weighted by Crippen LogP contribution is -2.55. The Labute approximate surface area is 177 Å². The van der Waals surface area contributed by atoms with Gasteiger partial charge in [-0.05, 0) is 24.3 Å². The summed E-state index contributed by atoms with van der Waals surface area (Å²) in [6.07, 6.45) is 3.02. The number of carbonyl (C=O) groups is 4. The predicted molar refractivity (Wildman–Crippen MR) is 114 cm³/mol. The van der Waals surface area contributed by atoms with Crippen molar-refractivity contribution in [3.63, 3.8) is 0 Å². The zero-order chi connectivity index (χ0) is 22.5. The molecule has 0 aliphatic carbocycles. The Hall–Kier alpha value is -2.90. The second-order valence-electron chi connectivity index (χ2n) is 7.76. The summed E-state index contributed by atoms with van der Waals surface area (Å²) in [6.45, 7) is 5.79. The molecular formula is C22H33N3O5. The van der Waals surface area contributed by atoms with Gasteiger partial charge >= 0.3 is 5.97 Å². The highest BCUT2D eigenvalue weighted by Gasteiger charge is 2.29. The van der Waals surface area contributed by atoms with E-state index < -0.39 is 35.9 Å². The molecule has 0 heterocycles. The van der Waals surface area contributed by atoms with Gasteiger partial charge in [-0.3, -0.25) is 14.4 Å². The average molecular weight is 420 g/mol. The maximum atomic E-state index is 12.8. The number of carboxylic acid groups (broad SMARTS) is 1. The number of unbranched alkanes of at least 4 members (excludes halogenated alkanes) is 1. The van der Waals surface area contributed by atoms with E-state index >= 15 is 0 Å². The molecule has 1 rings (SSSR count). The van der Waals surface area contributed by atoms with Gasteiger partial charge in [-0.15, -0.1) is 0 Å². The van der Waals surface area contributed by atoms with Crippen molar-refractivity contribution in [2.75, 3.05) is 0 Å². The largest absolute Gasteiger partial charge is 0.480 e. The number of rotatable bonds is 14. The molecule has 0 aromatic heterocycles. The Morgan fingerprint density at radius 1 is 1.00 bits per heavy atom. The predicted octanol–water partition coefficient (Wildman–Crippen LogP) is 1.63. The van der Waals surface area contributed by atoms with E-state index in [1.165, 1.54) is 0 Å². The minimum absolute atomic E-state index is 0.0894. The summed E-state index contributed by atoms with van der Waals surface area (Å²) < 4.78 is 0. The molecule has 3 atom stereocenters. The highest BCUT2D eigenvalue weighted by molar-refractivity contribution is 5.92. The number of carboxylic acids is 1. The second-order valence-corrected chi connectivity index (χ2v) is 7.76. The van der Waals surface area contributed by atoms with E-state index in [9.17, 15) is 24.3 Å². The van der Waals surface area contributed by atoms with Gasteiger partial charge in [0.25, 0.3) is 0 Å². The minimum Gasteiger partial charge on any atom is -0.480 e. The summed E-state index contributed by atoms with van der Waals surface area (Å²) in [6, 6.07) is 6.27. The van der Waals surface area contributed by atoms with Crippen LogP contribution in [-0.2, 0) is 25.6 Å². The van der Waals surface area contributed by atoms with Crippen molar-refractivity contribution in [1.82, 2.24) is 16.0 Å². The summed E-state index contributed by atoms with van der Waals surface area (Å²) >= 11 is 0. The smallest absolute Gasteiger partial charge is 0.326 e. The van der Waals surface area contributed by atoms with E-state index in [1.54, 1.807) is 24.3 Å². The molecule has 0 fully saturated rings. The van der Waals surface area contributed by atoms with E-state index in [0.29, 0.717) is 19.3 Å². The van der Waals surface area contributed by atoms with Crippen molar-refractivity contribution < 1.29 is 24.3 Å². The summed E-state index contributed by atoms with van der Waals surface area (Å²) in [5.41, 5.74) is 0.782. The van der Waals surface area contributed by atoms with E-state index in [-0.39, 0.29) is 12.3 Å². The molecule has 0 unspecified atom stereocenters. The highest BCUT2D eigenvalue weighted by atomic mass is 16.4. The van der Waals surface area contributed by atoms with Crippen molar-refractivity contribution >= 4 is 24.2 Å². The van der Waals surface area contributed by atoms with Crippen molar-refractivity contribution in [2.45, 2.75) is 71.0 Å². The molecule has 0 bridgehead atoms. The summed E-state index contributed by atoms with van der Waals surface area (Å²) in [4.78, 5) is 48.0. The third-order valence-corrected chi connectivity index (χ3v) is 4.67. The van der Waals surface area contributed by atoms with Gasteiger partial charge in [0, 0.05) is 6.42 Å². The fraction of sp³-hybridized carbons (Fsp3) is 0.545. The van der Waals surface area contributed by atoms with Gasteiger partial charge in [0.15, 0.2) is 0 Å². The topological polar surface area (TPSA) is 125 Å². The van der Waals surface area contributed by atoms with Crippen LogP contribution < -0.4 is 16.0 Å². The molecule has 3 amide bonds. The first-order valence-electron chi connectivity index (χ1n) is 10.4. The van der Waals surface area contributed by atoms with Crippen LogP contribution in [0.5, 0.6) is 0 Å². The standard InChI is InChI=1S/C22H33N3O5/c1-4-5-11-17(23-14-26)20(27)24-18(12-15(2)3)21(28)25-19(22(29)30)13-16-9-7-6-8-10-16/h6-10,14-15,17-19H,4-5,11-13H2,1-3H3,(H,23,26)(H,24,27)(H,25,28)(H,29,30)/t17-,18-,19+/m0/s1. The number of benzene rings is 1. The Morgan fingerprint density at radius 2 is 1.60 bits per heavy atom. The quantitative estimate of drug-likeness (QED) is 0.341. The lowest BCUT2D eigenvalue weighted by molar-refractivity contribution is -0.142. The maximum absolute atomic E-state index is 12.8. The van der Waals surface area contributed by atoms with Crippen molar-refractivity contribution in [3.8, 4) is 0 Å². The van der Waals surface area contributed by atoms with Gasteiger partial charge in [-0.1, -0.05) is 63.9 Å². The SMILES string of the molecule is CCCC[C@H](NC=O)C(=O)N[C@@H](CC(C)C)C(=O)N[C@H](Cc1ccccc1)C(=O)O. The minimum atomic E-state index is -1.15. The first kappa shape index (κ1) is 25.1. The molecule has 8 heteroatoms. The van der Waals surface area contributed by atoms with E-state index in [2.05, 4.69) is 16.0 Å². The van der Waals surface area contributed by atoms with E-state index in [0.717, 1.165) is 18.4 Å². The molecule has 8 nitrogen and oxygen atoms in total. The summed E-state index contributed by atoms with van der Waals surface area (Å²) in [5.74, 6) is -2.07. The summed E-state index contributed by atoms with van der Waals surface area (Å²) in [7, 11) is 0. The molecule has 0 saturated heterocycles. The van der Waals surface area contributed by atoms with Gasteiger partial charge in [-0.2, -0.15) is 0 Å². The molecule has 1 aromatic rings. The fourth-order valence-electron chi connectivity index (χ4n) is 3.08. The van der Waals surface area contributed by atoms with Crippen LogP contribution in [0.1, 0.15) is 52.0 Å². The zero-order valence-corrected chi connectivity index (χ0v) is 17.9. The monoisotopic (exact) mass is 419 g/mol. The lowest BCUT2D eigenvalue weighted by Gasteiger charge is -2.25. The van der Waals surface area contributed by atoms with Crippen molar-refractivity contribution in [1.29, 1.82) is 0 Å². The van der Waals surface area contributed by atoms with Gasteiger partial charge < -0.3 is 21.1 Å². The van der Waals surface area contributed by atoms with Gasteiger partial charge in [0.05, 0.1) is 0 Å². The molecule has 0 aliphatic rings. The molecule has 166 valence electrons. The Morgan fingerprint density at radius 3 is 2.13 bits per heavy atom. The Balaban J connectivity index is 2.88. The Kier molecular flexibility index (Phi) is 11.2. The van der Waals surface area contributed by atoms with E-state index in [4.69, 9.17) is 0 Å². The molecular weight excluding hydrogens is 386 g/mol. The maximum Gasteiger partial charge on any atom is 0.326 e. The highest BCUT2D eigenvalue weighted by Crippen LogP contribution is 2.09. The lowest BCUT2D eigenvalue weighted by atomic mass is 10.0. The number of nitrogens with one attached hydrogen (secondary N) is 3. The normalized spacial score (nSPS) is 13.7. The average Bonchev–Trinajstić information content (AvgIpc) is 2.70. The molecule has 0 aliphatic heterocycles. The van der Waals surface area contributed by atoms with Crippen LogP contribution in [0.3, 0.4) is 0 Å². The number of hydrogen-bond acceptors (Lipinski definition) is 4. The number of aliphatic carboxylic acids is 1. The third-order valence-electron chi connectivity index (χ3n) is 4.67. The van der Waals surface area contributed by atoms with Crippen LogP contribution in [-0.4, -0.2) is 47.4 Å². The van der Waals surface area contributed by atoms with Crippen LogP contribution in [0.4, 0.5) is 0 Å². The molecule has 0 radical (unpaired) electrons. The van der Waals surface area contributed by atoms with Crippen LogP contribution in [0, 0.1) is 5.92 Å². The molecule has 0 saturated carbocycles.